The number of alkyl halides is 3. The molecule has 0 saturated carbocycles. The van der Waals surface area contributed by atoms with Crippen molar-refractivity contribution in [3.8, 4) is 6.07 Å². The normalized spacial score (nSPS) is 13.4. The highest BCUT2D eigenvalue weighted by Crippen LogP contribution is 2.36. The summed E-state index contributed by atoms with van der Waals surface area (Å²) in [5, 5.41) is 20.8. The number of pyridine rings is 1. The third-order valence-electron chi connectivity index (χ3n) is 3.51. The lowest BCUT2D eigenvalue weighted by Crippen LogP contribution is -2.54. The predicted molar refractivity (Wildman–Crippen MR) is 90.9 cm³/mol. The van der Waals surface area contributed by atoms with Crippen LogP contribution in [0.2, 0.25) is 0 Å². The fourth-order valence-corrected chi connectivity index (χ4v) is 2.63. The first-order valence-electron chi connectivity index (χ1n) is 7.79. The lowest BCUT2D eigenvalue weighted by Gasteiger charge is -2.29. The Morgan fingerprint density at radius 1 is 1.44 bits per heavy atom. The Kier molecular flexibility index (Phi) is 8.05. The van der Waals surface area contributed by atoms with E-state index < -0.39 is 36.5 Å². The number of carbonyl (C=O) groups excluding carboxylic acids is 2. The van der Waals surface area contributed by atoms with E-state index in [9.17, 15) is 27.9 Å². The van der Waals surface area contributed by atoms with Gasteiger partial charge < -0.3 is 15.2 Å². The van der Waals surface area contributed by atoms with Crippen LogP contribution in [0.25, 0.3) is 0 Å². The summed E-state index contributed by atoms with van der Waals surface area (Å²) >= 11 is 1.12. The van der Waals surface area contributed by atoms with Crippen LogP contribution in [0.15, 0.2) is 17.2 Å². The Hall–Kier alpha value is -2.32. The molecule has 11 heteroatoms. The van der Waals surface area contributed by atoms with Crippen LogP contribution in [-0.2, 0) is 14.3 Å². The number of anilines is 1. The Labute approximate surface area is 157 Å². The van der Waals surface area contributed by atoms with E-state index in [4.69, 9.17) is 5.26 Å². The Morgan fingerprint density at radius 3 is 2.63 bits per heavy atom. The minimum absolute atomic E-state index is 0.0565. The minimum Gasteiger partial charge on any atom is -0.466 e. The number of nitriles is 1. The van der Waals surface area contributed by atoms with Gasteiger partial charge >= 0.3 is 12.1 Å². The molecule has 0 aromatic carbocycles. The van der Waals surface area contributed by atoms with Crippen LogP contribution >= 0.6 is 11.8 Å². The van der Waals surface area contributed by atoms with Crippen LogP contribution in [0.5, 0.6) is 0 Å². The molecule has 148 valence electrons. The van der Waals surface area contributed by atoms with Gasteiger partial charge in [-0.15, -0.1) is 11.8 Å². The number of esters is 1. The summed E-state index contributed by atoms with van der Waals surface area (Å²) in [6.07, 6.45) is -4.39. The van der Waals surface area contributed by atoms with E-state index in [0.717, 1.165) is 18.0 Å². The minimum atomic E-state index is -5.26. The number of carbonyl (C=O) groups is 2. The molecular formula is C16H18F3N3O4S. The Bertz CT molecular complexity index is 737. The van der Waals surface area contributed by atoms with Crippen molar-refractivity contribution in [2.24, 2.45) is 0 Å². The molecule has 0 aliphatic heterocycles. The van der Waals surface area contributed by atoms with Gasteiger partial charge in [0.1, 0.15) is 6.07 Å². The van der Waals surface area contributed by atoms with Crippen molar-refractivity contribution < 1.29 is 32.6 Å². The lowest BCUT2D eigenvalue weighted by molar-refractivity contribution is -0.251. The maximum absolute atomic E-state index is 13.3. The van der Waals surface area contributed by atoms with Gasteiger partial charge in [0.05, 0.1) is 18.5 Å². The number of aromatic nitrogens is 1. The molecule has 1 aromatic rings. The Balaban J connectivity index is 2.95. The number of thioether (sulfide) groups is 1. The molecule has 0 aliphatic carbocycles. The number of hydrogen-bond donors (Lipinski definition) is 2. The summed E-state index contributed by atoms with van der Waals surface area (Å²) in [6.45, 7) is 1.62. The maximum Gasteiger partial charge on any atom is 0.426 e. The second kappa shape index (κ2) is 9.57. The van der Waals surface area contributed by atoms with E-state index in [1.807, 2.05) is 11.4 Å². The largest absolute Gasteiger partial charge is 0.466 e. The van der Waals surface area contributed by atoms with Crippen molar-refractivity contribution in [3.63, 3.8) is 0 Å². The summed E-state index contributed by atoms with van der Waals surface area (Å²) in [5.74, 6) is -2.42. The predicted octanol–water partition coefficient (Wildman–Crippen LogP) is 2.64. The van der Waals surface area contributed by atoms with Gasteiger partial charge in [0, 0.05) is 11.3 Å². The zero-order chi connectivity index (χ0) is 20.7. The number of rotatable bonds is 8. The number of aliphatic hydroxyl groups is 1. The van der Waals surface area contributed by atoms with Crippen molar-refractivity contribution in [2.45, 2.75) is 42.9 Å². The van der Waals surface area contributed by atoms with E-state index >= 15 is 0 Å². The van der Waals surface area contributed by atoms with Crippen LogP contribution in [0.4, 0.5) is 18.9 Å². The monoisotopic (exact) mass is 405 g/mol. The van der Waals surface area contributed by atoms with Crippen LogP contribution in [0.1, 0.15) is 31.9 Å². The van der Waals surface area contributed by atoms with Crippen molar-refractivity contribution in [2.75, 3.05) is 18.2 Å². The van der Waals surface area contributed by atoms with Gasteiger partial charge in [-0.05, 0) is 32.1 Å². The lowest BCUT2D eigenvalue weighted by atomic mass is 9.94. The van der Waals surface area contributed by atoms with Gasteiger partial charge in [-0.25, -0.2) is 4.98 Å². The quantitative estimate of drug-likeness (QED) is 0.505. The van der Waals surface area contributed by atoms with E-state index in [2.05, 4.69) is 9.72 Å². The van der Waals surface area contributed by atoms with E-state index in [1.54, 1.807) is 13.2 Å². The highest BCUT2D eigenvalue weighted by molar-refractivity contribution is 7.98. The van der Waals surface area contributed by atoms with Gasteiger partial charge in [0.15, 0.2) is 5.69 Å². The number of nitrogens with zero attached hydrogens (tertiary/aromatic N) is 2. The molecule has 27 heavy (non-hydrogen) atoms. The molecule has 0 radical (unpaired) electrons. The summed E-state index contributed by atoms with van der Waals surface area (Å²) in [4.78, 5) is 27.5. The van der Waals surface area contributed by atoms with Crippen molar-refractivity contribution in [3.05, 3.63) is 18.0 Å². The number of amides is 1. The van der Waals surface area contributed by atoms with Gasteiger partial charge in [-0.3, -0.25) is 9.59 Å². The topological polar surface area (TPSA) is 112 Å². The summed E-state index contributed by atoms with van der Waals surface area (Å²) in [6, 6.07) is 3.09. The van der Waals surface area contributed by atoms with Crippen molar-refractivity contribution in [1.82, 2.24) is 4.98 Å². The average Bonchev–Trinajstić information content (AvgIpc) is 2.60. The molecule has 1 heterocycles. The molecule has 1 rings (SSSR count). The highest BCUT2D eigenvalue weighted by atomic mass is 32.2. The fraction of sp³-hybridized carbons (Fsp3) is 0.500. The molecule has 2 N–H and O–H groups in total. The standard InChI is InChI=1S/C16H18F3N3O4S/c1-3-26-13(23)5-4-6-15(25,16(17,18)19)14(24)22-10-7-12(27-2)11(8-20)21-9-10/h7,9,25H,3-6H2,1-2H3,(H,22,24). The molecule has 0 saturated heterocycles. The van der Waals surface area contributed by atoms with Crippen molar-refractivity contribution in [1.29, 1.82) is 5.26 Å². The molecule has 0 bridgehead atoms. The van der Waals surface area contributed by atoms with E-state index in [0.29, 0.717) is 4.90 Å². The van der Waals surface area contributed by atoms with Crippen LogP contribution in [0, 0.1) is 11.3 Å². The van der Waals surface area contributed by atoms with Crippen LogP contribution in [0.3, 0.4) is 0 Å². The molecule has 1 aromatic heterocycles. The first-order chi connectivity index (χ1) is 12.6. The third kappa shape index (κ3) is 5.83. The Morgan fingerprint density at radius 2 is 2.11 bits per heavy atom. The molecule has 0 fully saturated rings. The van der Waals surface area contributed by atoms with Crippen LogP contribution < -0.4 is 5.32 Å². The molecule has 0 spiro atoms. The van der Waals surface area contributed by atoms with Crippen molar-refractivity contribution >= 4 is 29.3 Å². The van der Waals surface area contributed by atoms with E-state index in [1.165, 1.54) is 6.07 Å². The molecule has 0 aliphatic rings. The SMILES string of the molecule is CCOC(=O)CCCC(O)(C(=O)Nc1cnc(C#N)c(SC)c1)C(F)(F)F. The number of halogens is 3. The zero-order valence-electron chi connectivity index (χ0n) is 14.6. The summed E-state index contributed by atoms with van der Waals surface area (Å²) in [5.41, 5.74) is -3.73. The van der Waals surface area contributed by atoms with Gasteiger partial charge in [0.25, 0.3) is 5.91 Å². The van der Waals surface area contributed by atoms with Gasteiger partial charge in [-0.2, -0.15) is 18.4 Å². The zero-order valence-corrected chi connectivity index (χ0v) is 15.4. The fourth-order valence-electron chi connectivity index (χ4n) is 2.09. The van der Waals surface area contributed by atoms with E-state index in [-0.39, 0.29) is 24.4 Å². The number of hydrogen-bond acceptors (Lipinski definition) is 7. The first kappa shape index (κ1) is 22.7. The second-order valence-electron chi connectivity index (χ2n) is 5.36. The summed E-state index contributed by atoms with van der Waals surface area (Å²) in [7, 11) is 0. The molecule has 7 nitrogen and oxygen atoms in total. The van der Waals surface area contributed by atoms with Gasteiger partial charge in [-0.1, -0.05) is 0 Å². The molecule has 1 unspecified atom stereocenters. The number of nitrogens with one attached hydrogen (secondary N) is 1. The average molecular weight is 405 g/mol. The summed E-state index contributed by atoms with van der Waals surface area (Å²) < 4.78 is 44.5. The molecule has 1 amide bonds. The highest BCUT2D eigenvalue weighted by Gasteiger charge is 2.59. The van der Waals surface area contributed by atoms with Crippen LogP contribution in [-0.4, -0.2) is 46.6 Å². The maximum atomic E-state index is 13.3. The van der Waals surface area contributed by atoms with Gasteiger partial charge in [0.2, 0.25) is 5.60 Å². The number of ether oxygens (including phenoxy) is 1. The second-order valence-corrected chi connectivity index (χ2v) is 6.21. The smallest absolute Gasteiger partial charge is 0.426 e. The first-order valence-corrected chi connectivity index (χ1v) is 9.01. The third-order valence-corrected chi connectivity index (χ3v) is 4.26. The molecule has 1 atom stereocenters. The molecular weight excluding hydrogens is 387 g/mol.